The summed E-state index contributed by atoms with van der Waals surface area (Å²) in [6.07, 6.45) is 0.110. The van der Waals surface area contributed by atoms with E-state index < -0.39 is 0 Å². The summed E-state index contributed by atoms with van der Waals surface area (Å²) in [5.74, 6) is -0.129. The Morgan fingerprint density at radius 1 is 1.06 bits per heavy atom. The van der Waals surface area contributed by atoms with Gasteiger partial charge in [-0.15, -0.1) is 0 Å². The van der Waals surface area contributed by atoms with Gasteiger partial charge in [-0.3, -0.25) is 4.79 Å². The maximum Gasteiger partial charge on any atom is 0.310 e. The molecule has 0 aliphatic heterocycles. The molecule has 0 aliphatic carbocycles. The lowest BCUT2D eigenvalue weighted by Crippen LogP contribution is -2.09. The quantitative estimate of drug-likeness (QED) is 0.320. The van der Waals surface area contributed by atoms with E-state index in [-0.39, 0.29) is 36.6 Å². The standard InChI is InChI=1S/C26H23ClFNO4/c1-2-31-25(30)12-17-6-3-4-9-22(17)32-15-16-10-20(21-13-24(27)33-23(21)11-16)19-8-5-7-18(14-29)26(19)28/h3-11,13H,2,12,14-15,29H2,1H3. The normalized spacial score (nSPS) is 11.0. The Morgan fingerprint density at radius 2 is 1.85 bits per heavy atom. The van der Waals surface area contributed by atoms with E-state index >= 15 is 4.39 Å². The van der Waals surface area contributed by atoms with Crippen LogP contribution in [0.15, 0.2) is 65.1 Å². The molecule has 0 atom stereocenters. The minimum absolute atomic E-state index is 0.0923. The minimum Gasteiger partial charge on any atom is -0.489 e. The molecule has 0 spiro atoms. The van der Waals surface area contributed by atoms with Crippen LogP contribution in [-0.2, 0) is 29.1 Å². The first kappa shape index (κ1) is 22.8. The number of halogens is 2. The largest absolute Gasteiger partial charge is 0.489 e. The number of fused-ring (bicyclic) bond motifs is 1. The van der Waals surface area contributed by atoms with Crippen LogP contribution in [0, 0.1) is 5.82 Å². The van der Waals surface area contributed by atoms with Crippen LogP contribution in [0.5, 0.6) is 5.75 Å². The lowest BCUT2D eigenvalue weighted by atomic mass is 9.97. The van der Waals surface area contributed by atoms with Gasteiger partial charge in [0.1, 0.15) is 23.8 Å². The fourth-order valence-corrected chi connectivity index (χ4v) is 3.93. The van der Waals surface area contributed by atoms with Gasteiger partial charge in [-0.25, -0.2) is 4.39 Å². The van der Waals surface area contributed by atoms with E-state index in [4.69, 9.17) is 31.2 Å². The highest BCUT2D eigenvalue weighted by Crippen LogP contribution is 2.36. The van der Waals surface area contributed by atoms with Crippen molar-refractivity contribution in [2.75, 3.05) is 6.61 Å². The van der Waals surface area contributed by atoms with Crippen molar-refractivity contribution in [3.8, 4) is 16.9 Å². The maximum atomic E-state index is 15.1. The molecule has 7 heteroatoms. The van der Waals surface area contributed by atoms with Gasteiger partial charge in [-0.2, -0.15) is 0 Å². The summed E-state index contributed by atoms with van der Waals surface area (Å²) >= 11 is 6.11. The van der Waals surface area contributed by atoms with E-state index in [9.17, 15) is 4.79 Å². The van der Waals surface area contributed by atoms with Gasteiger partial charge in [0.15, 0.2) is 5.22 Å². The third kappa shape index (κ3) is 5.02. The Labute approximate surface area is 195 Å². The Morgan fingerprint density at radius 3 is 2.64 bits per heavy atom. The molecule has 0 unspecified atom stereocenters. The van der Waals surface area contributed by atoms with Crippen LogP contribution in [0.2, 0.25) is 5.22 Å². The number of hydrogen-bond donors (Lipinski definition) is 1. The van der Waals surface area contributed by atoms with E-state index in [1.54, 1.807) is 37.3 Å². The first-order chi connectivity index (χ1) is 16.0. The lowest BCUT2D eigenvalue weighted by molar-refractivity contribution is -0.142. The van der Waals surface area contributed by atoms with Crippen molar-refractivity contribution < 1.29 is 23.1 Å². The molecule has 2 N–H and O–H groups in total. The highest BCUT2D eigenvalue weighted by Gasteiger charge is 2.17. The number of hydrogen-bond acceptors (Lipinski definition) is 5. The zero-order chi connectivity index (χ0) is 23.4. The van der Waals surface area contributed by atoms with Gasteiger partial charge >= 0.3 is 5.97 Å². The molecule has 33 heavy (non-hydrogen) atoms. The fraction of sp³-hybridized carbons (Fsp3) is 0.192. The predicted molar refractivity (Wildman–Crippen MR) is 126 cm³/mol. The van der Waals surface area contributed by atoms with Crippen molar-refractivity contribution in [3.63, 3.8) is 0 Å². The molecule has 0 radical (unpaired) electrons. The molecule has 4 rings (SSSR count). The smallest absolute Gasteiger partial charge is 0.310 e. The molecule has 0 saturated heterocycles. The van der Waals surface area contributed by atoms with E-state index in [0.29, 0.717) is 40.0 Å². The van der Waals surface area contributed by atoms with E-state index in [0.717, 1.165) is 11.1 Å². The first-order valence-electron chi connectivity index (χ1n) is 10.6. The second-order valence-electron chi connectivity index (χ2n) is 7.47. The number of nitrogens with two attached hydrogens (primary N) is 1. The summed E-state index contributed by atoms with van der Waals surface area (Å²) in [7, 11) is 0. The van der Waals surface area contributed by atoms with Gasteiger partial charge in [0.25, 0.3) is 0 Å². The van der Waals surface area contributed by atoms with E-state index in [2.05, 4.69) is 0 Å². The number of furan rings is 1. The molecular formula is C26H23ClFNO4. The van der Waals surface area contributed by atoms with Gasteiger partial charge in [0, 0.05) is 34.7 Å². The topological polar surface area (TPSA) is 74.7 Å². The van der Waals surface area contributed by atoms with Crippen LogP contribution >= 0.6 is 11.6 Å². The molecule has 170 valence electrons. The summed E-state index contributed by atoms with van der Waals surface area (Å²) in [5.41, 5.74) is 9.15. The molecule has 4 aromatic rings. The molecule has 0 bridgehead atoms. The highest BCUT2D eigenvalue weighted by atomic mass is 35.5. The maximum absolute atomic E-state index is 15.1. The van der Waals surface area contributed by atoms with Gasteiger partial charge in [0.05, 0.1) is 13.0 Å². The van der Waals surface area contributed by atoms with Crippen molar-refractivity contribution >= 4 is 28.5 Å². The molecule has 0 fully saturated rings. The Kier molecular flexibility index (Phi) is 6.96. The first-order valence-corrected chi connectivity index (χ1v) is 10.9. The Balaban J connectivity index is 1.68. The number of benzene rings is 3. The molecule has 1 aromatic heterocycles. The van der Waals surface area contributed by atoms with Crippen molar-refractivity contribution in [1.82, 2.24) is 0 Å². The Hall–Kier alpha value is -3.35. The molecule has 1 heterocycles. The minimum atomic E-state index is -0.378. The second kappa shape index (κ2) is 10.1. The van der Waals surface area contributed by atoms with Crippen molar-refractivity contribution in [2.45, 2.75) is 26.5 Å². The van der Waals surface area contributed by atoms with E-state index in [1.807, 2.05) is 30.3 Å². The zero-order valence-electron chi connectivity index (χ0n) is 18.1. The monoisotopic (exact) mass is 467 g/mol. The highest BCUT2D eigenvalue weighted by molar-refractivity contribution is 6.30. The van der Waals surface area contributed by atoms with Crippen LogP contribution in [0.25, 0.3) is 22.1 Å². The summed E-state index contributed by atoms with van der Waals surface area (Å²) in [4.78, 5) is 11.9. The fourth-order valence-electron chi connectivity index (χ4n) is 3.74. The van der Waals surface area contributed by atoms with Crippen LogP contribution < -0.4 is 10.5 Å². The van der Waals surface area contributed by atoms with Gasteiger partial charge in [-0.1, -0.05) is 36.4 Å². The third-order valence-electron chi connectivity index (χ3n) is 5.26. The summed E-state index contributed by atoms with van der Waals surface area (Å²) in [6, 6.07) is 17.7. The van der Waals surface area contributed by atoms with Gasteiger partial charge < -0.3 is 19.6 Å². The third-order valence-corrected chi connectivity index (χ3v) is 5.45. The number of rotatable bonds is 8. The van der Waals surface area contributed by atoms with Gasteiger partial charge in [0.2, 0.25) is 0 Å². The van der Waals surface area contributed by atoms with Gasteiger partial charge in [-0.05, 0) is 47.9 Å². The Bertz CT molecular complexity index is 1300. The summed E-state index contributed by atoms with van der Waals surface area (Å²) < 4.78 is 31.8. The van der Waals surface area contributed by atoms with Crippen molar-refractivity contribution in [3.05, 3.63) is 88.4 Å². The number of ether oxygens (including phenoxy) is 2. The molecule has 3 aromatic carbocycles. The van der Waals surface area contributed by atoms with Crippen LogP contribution in [0.1, 0.15) is 23.6 Å². The van der Waals surface area contributed by atoms with Crippen molar-refractivity contribution in [2.24, 2.45) is 5.73 Å². The molecular weight excluding hydrogens is 445 g/mol. The predicted octanol–water partition coefficient (Wildman–Crippen LogP) is 6.04. The average Bonchev–Trinajstić information content (AvgIpc) is 3.18. The molecule has 0 aliphatic rings. The van der Waals surface area contributed by atoms with E-state index in [1.165, 1.54) is 0 Å². The molecule has 0 saturated carbocycles. The lowest BCUT2D eigenvalue weighted by Gasteiger charge is -2.13. The second-order valence-corrected chi connectivity index (χ2v) is 7.84. The molecule has 5 nitrogen and oxygen atoms in total. The van der Waals surface area contributed by atoms with Crippen LogP contribution in [0.3, 0.4) is 0 Å². The summed E-state index contributed by atoms with van der Waals surface area (Å²) in [5, 5.41) is 0.902. The number of para-hydroxylation sites is 1. The van der Waals surface area contributed by atoms with Crippen molar-refractivity contribution in [1.29, 1.82) is 0 Å². The zero-order valence-corrected chi connectivity index (χ0v) is 18.8. The number of esters is 1. The van der Waals surface area contributed by atoms with Crippen LogP contribution in [-0.4, -0.2) is 12.6 Å². The SMILES string of the molecule is CCOC(=O)Cc1ccccc1OCc1cc(-c2cccc(CN)c2F)c2cc(Cl)oc2c1. The van der Waals surface area contributed by atoms with Crippen LogP contribution in [0.4, 0.5) is 4.39 Å². The molecule has 0 amide bonds. The number of carbonyl (C=O) groups is 1. The average molecular weight is 468 g/mol. The number of carbonyl (C=O) groups excluding carboxylic acids is 1. The summed E-state index contributed by atoms with van der Waals surface area (Å²) in [6.45, 7) is 2.35.